The van der Waals surface area contributed by atoms with Crippen molar-refractivity contribution in [2.75, 3.05) is 18.4 Å². The van der Waals surface area contributed by atoms with E-state index in [-0.39, 0.29) is 16.8 Å². The fraction of sp³-hybridized carbons (Fsp3) is 0.318. The van der Waals surface area contributed by atoms with Crippen molar-refractivity contribution in [2.24, 2.45) is 0 Å². The Morgan fingerprint density at radius 1 is 1.03 bits per heavy atom. The lowest BCUT2D eigenvalue weighted by atomic mass is 10.0. The van der Waals surface area contributed by atoms with E-state index in [4.69, 9.17) is 0 Å². The first-order chi connectivity index (χ1) is 14.8. The summed E-state index contributed by atoms with van der Waals surface area (Å²) in [6.07, 6.45) is 1.55. The van der Waals surface area contributed by atoms with E-state index < -0.39 is 10.0 Å². The third kappa shape index (κ3) is 4.84. The van der Waals surface area contributed by atoms with E-state index in [2.05, 4.69) is 15.5 Å². The minimum absolute atomic E-state index is 0.0765. The molecule has 0 saturated carbocycles. The van der Waals surface area contributed by atoms with Gasteiger partial charge in [0.05, 0.1) is 4.90 Å². The number of amides is 1. The fourth-order valence-corrected chi connectivity index (χ4v) is 5.92. The summed E-state index contributed by atoms with van der Waals surface area (Å²) in [4.78, 5) is 12.8. The number of benzene rings is 2. The molecule has 1 N–H and O–H groups in total. The maximum Gasteiger partial charge on any atom is 0.286 e. The van der Waals surface area contributed by atoms with Crippen LogP contribution in [0.25, 0.3) is 0 Å². The van der Waals surface area contributed by atoms with E-state index in [1.165, 1.54) is 15.6 Å². The number of aryl methyl sites for hydroxylation is 2. The quantitative estimate of drug-likeness (QED) is 0.627. The van der Waals surface area contributed by atoms with Gasteiger partial charge < -0.3 is 5.32 Å². The zero-order valence-corrected chi connectivity index (χ0v) is 19.0. The predicted molar refractivity (Wildman–Crippen MR) is 121 cm³/mol. The number of nitrogens with one attached hydrogen (secondary N) is 1. The first-order valence-electron chi connectivity index (χ1n) is 10.1. The topological polar surface area (TPSA) is 92.3 Å². The lowest BCUT2D eigenvalue weighted by Crippen LogP contribution is -2.39. The zero-order chi connectivity index (χ0) is 22.0. The van der Waals surface area contributed by atoms with Crippen molar-refractivity contribution in [3.8, 4) is 0 Å². The van der Waals surface area contributed by atoms with E-state index in [0.29, 0.717) is 28.7 Å². The number of hydrogen-bond acceptors (Lipinski definition) is 6. The summed E-state index contributed by atoms with van der Waals surface area (Å²) in [5.74, 6) is -0.389. The Hall–Kier alpha value is -2.62. The molecule has 7 nitrogen and oxygen atoms in total. The number of carbonyl (C=O) groups excluding carboxylic acids is 1. The summed E-state index contributed by atoms with van der Waals surface area (Å²) >= 11 is 1.22. The fourth-order valence-electron chi connectivity index (χ4n) is 3.53. The smallest absolute Gasteiger partial charge is 0.286 e. The highest BCUT2D eigenvalue weighted by Gasteiger charge is 2.32. The van der Waals surface area contributed by atoms with Gasteiger partial charge in [-0.05, 0) is 51.0 Å². The van der Waals surface area contributed by atoms with Gasteiger partial charge >= 0.3 is 0 Å². The molecule has 31 heavy (non-hydrogen) atoms. The highest BCUT2D eigenvalue weighted by Crippen LogP contribution is 2.32. The van der Waals surface area contributed by atoms with Gasteiger partial charge in [-0.15, -0.1) is 10.2 Å². The molecule has 3 aromatic rings. The highest BCUT2D eigenvalue weighted by molar-refractivity contribution is 7.89. The molecule has 2 aromatic carbocycles. The van der Waals surface area contributed by atoms with Gasteiger partial charge in [0, 0.05) is 24.7 Å². The van der Waals surface area contributed by atoms with Crippen LogP contribution in [0.4, 0.5) is 5.69 Å². The number of anilines is 1. The minimum atomic E-state index is -3.56. The average molecular weight is 457 g/mol. The minimum Gasteiger partial charge on any atom is -0.320 e. The largest absolute Gasteiger partial charge is 0.320 e. The number of carbonyl (C=O) groups is 1. The van der Waals surface area contributed by atoms with E-state index in [0.717, 1.165) is 24.0 Å². The van der Waals surface area contributed by atoms with E-state index in [9.17, 15) is 13.2 Å². The first kappa shape index (κ1) is 21.6. The maximum atomic E-state index is 13.0. The van der Waals surface area contributed by atoms with Crippen molar-refractivity contribution in [2.45, 2.75) is 37.5 Å². The molecule has 1 fully saturated rings. The molecule has 0 bridgehead atoms. The Morgan fingerprint density at radius 3 is 2.35 bits per heavy atom. The second-order valence-corrected chi connectivity index (χ2v) is 10.7. The third-order valence-electron chi connectivity index (χ3n) is 5.34. The van der Waals surface area contributed by atoms with Crippen LogP contribution in [-0.2, 0) is 10.0 Å². The van der Waals surface area contributed by atoms with Crippen LogP contribution in [-0.4, -0.2) is 41.9 Å². The van der Waals surface area contributed by atoms with E-state index in [1.54, 1.807) is 24.3 Å². The molecular formula is C22H24N4O3S2. The Morgan fingerprint density at radius 2 is 1.68 bits per heavy atom. The summed E-state index contributed by atoms with van der Waals surface area (Å²) in [5.41, 5.74) is 2.82. The van der Waals surface area contributed by atoms with Crippen molar-refractivity contribution >= 4 is 33.0 Å². The van der Waals surface area contributed by atoms with Crippen LogP contribution in [0.1, 0.15) is 44.7 Å². The first-order valence-corrected chi connectivity index (χ1v) is 12.4. The summed E-state index contributed by atoms with van der Waals surface area (Å²) in [6, 6.07) is 14.4. The second-order valence-electron chi connectivity index (χ2n) is 7.78. The molecule has 1 amide bonds. The Bertz CT molecular complexity index is 1170. The van der Waals surface area contributed by atoms with Crippen molar-refractivity contribution in [3.63, 3.8) is 0 Å². The number of nitrogens with zero attached hydrogens (tertiary/aromatic N) is 3. The molecule has 162 valence electrons. The van der Waals surface area contributed by atoms with Crippen molar-refractivity contribution in [1.82, 2.24) is 14.5 Å². The summed E-state index contributed by atoms with van der Waals surface area (Å²) in [5, 5.41) is 12.0. The van der Waals surface area contributed by atoms with Gasteiger partial charge in [0.2, 0.25) is 15.0 Å². The monoisotopic (exact) mass is 456 g/mol. The van der Waals surface area contributed by atoms with Crippen LogP contribution in [0.15, 0.2) is 53.4 Å². The second kappa shape index (κ2) is 8.86. The van der Waals surface area contributed by atoms with Crippen LogP contribution in [0.2, 0.25) is 0 Å². The maximum absolute atomic E-state index is 13.0. The summed E-state index contributed by atoms with van der Waals surface area (Å²) < 4.78 is 27.6. The van der Waals surface area contributed by atoms with Crippen molar-refractivity contribution in [1.29, 1.82) is 0 Å². The van der Waals surface area contributed by atoms with Gasteiger partial charge in [-0.25, -0.2) is 8.42 Å². The highest BCUT2D eigenvalue weighted by atomic mass is 32.2. The Kier molecular flexibility index (Phi) is 6.17. The summed E-state index contributed by atoms with van der Waals surface area (Å²) in [7, 11) is -3.56. The van der Waals surface area contributed by atoms with E-state index >= 15 is 0 Å². The number of hydrogen-bond donors (Lipinski definition) is 1. The van der Waals surface area contributed by atoms with Crippen LogP contribution in [0, 0.1) is 13.8 Å². The molecule has 0 radical (unpaired) electrons. The molecule has 1 saturated heterocycles. The number of rotatable bonds is 5. The molecule has 0 aliphatic carbocycles. The standard InChI is InChI=1S/C22H24N4O3S2/c1-15-5-9-18(10-6-15)23-20(27)22-25-24-21(30-22)17-4-3-13-26(14-17)31(28,29)19-11-7-16(2)8-12-19/h5-12,17H,3-4,13-14H2,1-2H3,(H,23,27)/t17-/m0/s1. The Balaban J connectivity index is 1.46. The van der Waals surface area contributed by atoms with Gasteiger partial charge in [-0.1, -0.05) is 46.7 Å². The van der Waals surface area contributed by atoms with Gasteiger partial charge in [0.15, 0.2) is 0 Å². The van der Waals surface area contributed by atoms with Gasteiger partial charge in [-0.3, -0.25) is 4.79 Å². The summed E-state index contributed by atoms with van der Waals surface area (Å²) in [6.45, 7) is 4.72. The van der Waals surface area contributed by atoms with Gasteiger partial charge in [0.1, 0.15) is 5.01 Å². The lowest BCUT2D eigenvalue weighted by Gasteiger charge is -2.30. The third-order valence-corrected chi connectivity index (χ3v) is 8.30. The Labute approximate surface area is 186 Å². The molecule has 4 rings (SSSR count). The molecule has 0 spiro atoms. The van der Waals surface area contributed by atoms with Crippen LogP contribution < -0.4 is 5.32 Å². The SMILES string of the molecule is Cc1ccc(NC(=O)c2nnc([C@H]3CCCN(S(=O)(=O)c4ccc(C)cc4)C3)s2)cc1. The van der Waals surface area contributed by atoms with Gasteiger partial charge in [0.25, 0.3) is 5.91 Å². The molecular weight excluding hydrogens is 432 g/mol. The molecule has 1 aromatic heterocycles. The zero-order valence-electron chi connectivity index (χ0n) is 17.4. The molecule has 0 unspecified atom stereocenters. The lowest BCUT2D eigenvalue weighted by molar-refractivity contribution is 0.102. The average Bonchev–Trinajstić information content (AvgIpc) is 3.26. The van der Waals surface area contributed by atoms with E-state index in [1.807, 2.05) is 38.1 Å². The van der Waals surface area contributed by atoms with Crippen molar-refractivity contribution < 1.29 is 13.2 Å². The van der Waals surface area contributed by atoms with Crippen LogP contribution >= 0.6 is 11.3 Å². The number of piperidine rings is 1. The molecule has 1 aliphatic rings. The molecule has 1 aliphatic heterocycles. The van der Waals surface area contributed by atoms with Gasteiger partial charge in [-0.2, -0.15) is 4.31 Å². The predicted octanol–water partition coefficient (Wildman–Crippen LogP) is 3.98. The van der Waals surface area contributed by atoms with Crippen LogP contribution in [0.3, 0.4) is 0 Å². The normalized spacial score (nSPS) is 17.4. The number of aromatic nitrogens is 2. The number of sulfonamides is 1. The van der Waals surface area contributed by atoms with Crippen molar-refractivity contribution in [3.05, 3.63) is 69.7 Å². The molecule has 1 atom stereocenters. The van der Waals surface area contributed by atoms with Crippen LogP contribution in [0.5, 0.6) is 0 Å². The molecule has 9 heteroatoms. The molecule has 2 heterocycles.